The van der Waals surface area contributed by atoms with Crippen LogP contribution in [0.4, 0.5) is 13.2 Å². The number of carbonyl (C=O) groups excluding carboxylic acids is 1. The number of hydrogen-bond donors (Lipinski definition) is 2. The maximum absolute atomic E-state index is 13.1. The predicted octanol–water partition coefficient (Wildman–Crippen LogP) is 4.25. The Morgan fingerprint density at radius 2 is 1.75 bits per heavy atom. The number of carbonyl (C=O) groups is 1. The number of alkyl halides is 3. The van der Waals surface area contributed by atoms with Crippen molar-refractivity contribution in [3.8, 4) is 0 Å². The first-order chi connectivity index (χ1) is 10.7. The largest absolute Gasteiger partial charge is 0.416 e. The average molecular weight is 367 g/mol. The molecule has 0 aromatic heterocycles. The Balaban J connectivity index is 0.00000529. The summed E-state index contributed by atoms with van der Waals surface area (Å²) in [7, 11) is 0. The number of halogens is 4. The molecule has 1 aromatic rings. The molecule has 0 saturated heterocycles. The molecule has 1 atom stereocenters. The summed E-state index contributed by atoms with van der Waals surface area (Å²) in [6.07, 6.45) is -3.07. The van der Waals surface area contributed by atoms with E-state index in [2.05, 4.69) is 5.32 Å². The first kappa shape index (κ1) is 22.7. The number of benzene rings is 1. The molecule has 0 radical (unpaired) electrons. The van der Waals surface area contributed by atoms with Crippen molar-refractivity contribution in [3.05, 3.63) is 35.4 Å². The normalized spacial score (nSPS) is 13.1. The third-order valence-corrected chi connectivity index (χ3v) is 4.44. The van der Waals surface area contributed by atoms with Gasteiger partial charge in [0, 0.05) is 13.0 Å². The van der Waals surface area contributed by atoms with Gasteiger partial charge in [-0.05, 0) is 30.4 Å². The SMILES string of the molecule is CCC(CC)(CN)NC(=O)CC(C)c1ccccc1C(F)(F)F.Cl. The first-order valence-electron chi connectivity index (χ1n) is 7.86. The van der Waals surface area contributed by atoms with Crippen LogP contribution < -0.4 is 11.1 Å². The third-order valence-electron chi connectivity index (χ3n) is 4.44. The summed E-state index contributed by atoms with van der Waals surface area (Å²) in [4.78, 5) is 12.2. The summed E-state index contributed by atoms with van der Waals surface area (Å²) in [5, 5.41) is 2.89. The van der Waals surface area contributed by atoms with Crippen LogP contribution in [0.15, 0.2) is 24.3 Å². The van der Waals surface area contributed by atoms with E-state index in [1.54, 1.807) is 13.0 Å². The van der Waals surface area contributed by atoms with Crippen LogP contribution in [0.2, 0.25) is 0 Å². The fraction of sp³-hybridized carbons (Fsp3) is 0.588. The van der Waals surface area contributed by atoms with Crippen LogP contribution in [0.25, 0.3) is 0 Å². The molecular formula is C17H26ClF3N2O. The Bertz CT molecular complexity index is 523. The van der Waals surface area contributed by atoms with Gasteiger partial charge in [0.05, 0.1) is 11.1 Å². The Morgan fingerprint density at radius 3 is 2.21 bits per heavy atom. The Kier molecular flexibility index (Phi) is 8.78. The van der Waals surface area contributed by atoms with Crippen molar-refractivity contribution in [2.45, 2.75) is 57.7 Å². The molecule has 0 aliphatic carbocycles. The van der Waals surface area contributed by atoms with Crippen LogP contribution in [0.3, 0.4) is 0 Å². The standard InChI is InChI=1S/C17H25F3N2O.ClH/c1-4-16(5-2,11-21)22-15(23)10-12(3)13-8-6-7-9-14(13)17(18,19)20;/h6-9,12H,4-5,10-11,21H2,1-3H3,(H,22,23);1H. The van der Waals surface area contributed by atoms with Crippen molar-refractivity contribution in [3.63, 3.8) is 0 Å². The molecule has 1 unspecified atom stereocenters. The van der Waals surface area contributed by atoms with E-state index in [-0.39, 0.29) is 30.3 Å². The van der Waals surface area contributed by atoms with Crippen molar-refractivity contribution in [1.82, 2.24) is 5.32 Å². The maximum Gasteiger partial charge on any atom is 0.416 e. The lowest BCUT2D eigenvalue weighted by Crippen LogP contribution is -2.53. The van der Waals surface area contributed by atoms with Gasteiger partial charge in [-0.25, -0.2) is 0 Å². The molecule has 3 nitrogen and oxygen atoms in total. The molecule has 3 N–H and O–H groups in total. The van der Waals surface area contributed by atoms with E-state index in [1.807, 2.05) is 13.8 Å². The van der Waals surface area contributed by atoms with Gasteiger partial charge in [-0.1, -0.05) is 39.0 Å². The summed E-state index contributed by atoms with van der Waals surface area (Å²) in [6, 6.07) is 5.39. The summed E-state index contributed by atoms with van der Waals surface area (Å²) in [6.45, 7) is 5.80. The molecular weight excluding hydrogens is 341 g/mol. The summed E-state index contributed by atoms with van der Waals surface area (Å²) >= 11 is 0. The highest BCUT2D eigenvalue weighted by Gasteiger charge is 2.35. The minimum absolute atomic E-state index is 0. The van der Waals surface area contributed by atoms with Crippen molar-refractivity contribution in [2.75, 3.05) is 6.54 Å². The zero-order valence-electron chi connectivity index (χ0n) is 14.2. The zero-order chi connectivity index (χ0) is 17.7. The van der Waals surface area contributed by atoms with Crippen molar-refractivity contribution < 1.29 is 18.0 Å². The number of nitrogens with two attached hydrogens (primary N) is 1. The zero-order valence-corrected chi connectivity index (χ0v) is 15.1. The molecule has 1 amide bonds. The van der Waals surface area contributed by atoms with E-state index in [9.17, 15) is 18.0 Å². The molecule has 0 saturated carbocycles. The minimum Gasteiger partial charge on any atom is -0.349 e. The lowest BCUT2D eigenvalue weighted by molar-refractivity contribution is -0.138. The summed E-state index contributed by atoms with van der Waals surface area (Å²) in [5.41, 5.74) is 4.71. The van der Waals surface area contributed by atoms with Crippen LogP contribution in [-0.2, 0) is 11.0 Å². The molecule has 0 spiro atoms. The van der Waals surface area contributed by atoms with Gasteiger partial charge in [-0.15, -0.1) is 12.4 Å². The highest BCUT2D eigenvalue weighted by molar-refractivity contribution is 5.85. The second kappa shape index (κ2) is 9.28. The predicted molar refractivity (Wildman–Crippen MR) is 92.2 cm³/mol. The fourth-order valence-corrected chi connectivity index (χ4v) is 2.69. The average Bonchev–Trinajstić information content (AvgIpc) is 2.52. The van der Waals surface area contributed by atoms with Crippen LogP contribution in [-0.4, -0.2) is 18.0 Å². The van der Waals surface area contributed by atoms with Gasteiger partial charge in [0.1, 0.15) is 0 Å². The van der Waals surface area contributed by atoms with Crippen LogP contribution >= 0.6 is 12.4 Å². The number of hydrogen-bond acceptors (Lipinski definition) is 2. The molecule has 138 valence electrons. The van der Waals surface area contributed by atoms with E-state index in [0.717, 1.165) is 6.07 Å². The van der Waals surface area contributed by atoms with Gasteiger partial charge >= 0.3 is 6.18 Å². The van der Waals surface area contributed by atoms with Gasteiger partial charge < -0.3 is 11.1 Å². The summed E-state index contributed by atoms with van der Waals surface area (Å²) < 4.78 is 39.2. The third kappa shape index (κ3) is 5.67. The molecule has 0 aliphatic rings. The lowest BCUT2D eigenvalue weighted by Gasteiger charge is -2.32. The lowest BCUT2D eigenvalue weighted by atomic mass is 9.90. The Hall–Kier alpha value is -1.27. The smallest absolute Gasteiger partial charge is 0.349 e. The van der Waals surface area contributed by atoms with Gasteiger partial charge in [0.25, 0.3) is 0 Å². The Labute approximate surface area is 147 Å². The van der Waals surface area contributed by atoms with Gasteiger partial charge in [-0.3, -0.25) is 4.79 Å². The monoisotopic (exact) mass is 366 g/mol. The van der Waals surface area contributed by atoms with Gasteiger partial charge in [0.15, 0.2) is 0 Å². The van der Waals surface area contributed by atoms with E-state index in [1.165, 1.54) is 12.1 Å². The highest BCUT2D eigenvalue weighted by atomic mass is 35.5. The molecule has 0 bridgehead atoms. The Morgan fingerprint density at radius 1 is 1.21 bits per heavy atom. The minimum atomic E-state index is -4.42. The van der Waals surface area contributed by atoms with Crippen LogP contribution in [0, 0.1) is 0 Å². The molecule has 1 aromatic carbocycles. The topological polar surface area (TPSA) is 55.1 Å². The second-order valence-corrected chi connectivity index (χ2v) is 5.93. The van der Waals surface area contributed by atoms with Crippen molar-refractivity contribution in [1.29, 1.82) is 0 Å². The highest BCUT2D eigenvalue weighted by Crippen LogP contribution is 2.36. The van der Waals surface area contributed by atoms with Gasteiger partial charge in [0.2, 0.25) is 5.91 Å². The maximum atomic E-state index is 13.1. The number of amides is 1. The first-order valence-corrected chi connectivity index (χ1v) is 7.86. The van der Waals surface area contributed by atoms with Crippen LogP contribution in [0.1, 0.15) is 57.1 Å². The molecule has 1 rings (SSSR count). The van der Waals surface area contributed by atoms with E-state index in [0.29, 0.717) is 19.4 Å². The van der Waals surface area contributed by atoms with Crippen molar-refractivity contribution >= 4 is 18.3 Å². The summed E-state index contributed by atoms with van der Waals surface area (Å²) in [5.74, 6) is -0.805. The molecule has 24 heavy (non-hydrogen) atoms. The molecule has 0 fully saturated rings. The second-order valence-electron chi connectivity index (χ2n) is 5.93. The van der Waals surface area contributed by atoms with Crippen LogP contribution in [0.5, 0.6) is 0 Å². The van der Waals surface area contributed by atoms with Gasteiger partial charge in [-0.2, -0.15) is 13.2 Å². The molecule has 7 heteroatoms. The molecule has 0 aliphatic heterocycles. The quantitative estimate of drug-likeness (QED) is 0.757. The number of nitrogens with one attached hydrogen (secondary N) is 1. The van der Waals surface area contributed by atoms with Crippen molar-refractivity contribution in [2.24, 2.45) is 5.73 Å². The van der Waals surface area contributed by atoms with E-state index < -0.39 is 23.2 Å². The number of rotatable bonds is 7. The van der Waals surface area contributed by atoms with E-state index in [4.69, 9.17) is 5.73 Å². The molecule has 0 heterocycles. The fourth-order valence-electron chi connectivity index (χ4n) is 2.69. The van der Waals surface area contributed by atoms with E-state index >= 15 is 0 Å².